The number of nitrogens with zero attached hydrogens (tertiary/aromatic N) is 3. The molecule has 5 rings (SSSR count). The maximum Gasteiger partial charge on any atom is 0.410 e. The van der Waals surface area contributed by atoms with E-state index in [4.69, 9.17) is 4.74 Å². The summed E-state index contributed by atoms with van der Waals surface area (Å²) in [5.74, 6) is -1.95. The van der Waals surface area contributed by atoms with Gasteiger partial charge in [-0.05, 0) is 63.3 Å². The topological polar surface area (TPSA) is 116 Å². The van der Waals surface area contributed by atoms with E-state index >= 15 is 0 Å². The Labute approximate surface area is 203 Å². The third-order valence-electron chi connectivity index (χ3n) is 7.14. The van der Waals surface area contributed by atoms with Gasteiger partial charge in [-0.1, -0.05) is 0 Å². The van der Waals surface area contributed by atoms with Gasteiger partial charge in [0.05, 0.1) is 11.1 Å². The lowest BCUT2D eigenvalue weighted by atomic mass is 10.0. The summed E-state index contributed by atoms with van der Waals surface area (Å²) in [4.78, 5) is 67.4. The van der Waals surface area contributed by atoms with E-state index in [0.717, 1.165) is 28.9 Å². The van der Waals surface area contributed by atoms with Crippen LogP contribution in [-0.2, 0) is 27.4 Å². The van der Waals surface area contributed by atoms with E-state index in [2.05, 4.69) is 10.2 Å². The summed E-state index contributed by atoms with van der Waals surface area (Å²) in [6, 6.07) is 2.91. The fraction of sp³-hybridized carbons (Fsp3) is 0.560. The van der Waals surface area contributed by atoms with Crippen LogP contribution in [0.3, 0.4) is 0 Å². The van der Waals surface area contributed by atoms with Crippen molar-refractivity contribution in [3.05, 3.63) is 34.4 Å². The quantitative estimate of drug-likeness (QED) is 0.639. The largest absolute Gasteiger partial charge is 0.444 e. The Morgan fingerprint density at radius 1 is 0.943 bits per heavy atom. The molecule has 0 spiro atoms. The van der Waals surface area contributed by atoms with Crippen LogP contribution in [0.5, 0.6) is 0 Å². The minimum Gasteiger partial charge on any atom is -0.444 e. The van der Waals surface area contributed by atoms with Crippen molar-refractivity contribution < 1.29 is 28.7 Å². The Hall–Kier alpha value is -3.27. The maximum atomic E-state index is 13.1. The summed E-state index contributed by atoms with van der Waals surface area (Å²) in [6.45, 7) is 8.16. The second-order valence-corrected chi connectivity index (χ2v) is 10.7. The van der Waals surface area contributed by atoms with E-state index in [0.29, 0.717) is 43.3 Å². The molecule has 0 saturated carbocycles. The van der Waals surface area contributed by atoms with Gasteiger partial charge in [0.1, 0.15) is 11.6 Å². The highest BCUT2D eigenvalue weighted by atomic mass is 16.6. The minimum absolute atomic E-state index is 0.0992. The zero-order valence-electron chi connectivity index (χ0n) is 20.3. The standard InChI is InChI=1S/C25H30N4O6/c1-25(2,3)35-24(34)27-8-6-16(7-9-27)28-12-14-10-17-18(11-15(14)13-28)23(33)29(22(17)32)19-4-5-20(30)26-21(19)31/h10-11,16,19H,4-9,12-13H2,1-3H3,(H,26,30,31). The molecule has 35 heavy (non-hydrogen) atoms. The molecule has 10 nitrogen and oxygen atoms in total. The monoisotopic (exact) mass is 482 g/mol. The van der Waals surface area contributed by atoms with E-state index in [1.54, 1.807) is 17.0 Å². The smallest absolute Gasteiger partial charge is 0.410 e. The number of ether oxygens (including phenoxy) is 1. The van der Waals surface area contributed by atoms with E-state index in [-0.39, 0.29) is 24.8 Å². The molecule has 4 aliphatic heterocycles. The summed E-state index contributed by atoms with van der Waals surface area (Å²) in [5.41, 5.74) is 2.13. The molecule has 2 saturated heterocycles. The summed E-state index contributed by atoms with van der Waals surface area (Å²) in [6.07, 6.45) is 1.62. The Balaban J connectivity index is 1.25. The molecule has 2 fully saturated rings. The normalized spacial score (nSPS) is 23.5. The summed E-state index contributed by atoms with van der Waals surface area (Å²) >= 11 is 0. The second-order valence-electron chi connectivity index (χ2n) is 10.7. The molecule has 186 valence electrons. The number of nitrogens with one attached hydrogen (secondary N) is 1. The van der Waals surface area contributed by atoms with Gasteiger partial charge in [0.25, 0.3) is 11.8 Å². The second kappa shape index (κ2) is 8.44. The first-order valence-electron chi connectivity index (χ1n) is 12.1. The van der Waals surface area contributed by atoms with Crippen molar-refractivity contribution in [1.29, 1.82) is 0 Å². The molecule has 1 atom stereocenters. The summed E-state index contributed by atoms with van der Waals surface area (Å²) in [5, 5.41) is 2.22. The van der Waals surface area contributed by atoms with Crippen LogP contribution in [0.15, 0.2) is 12.1 Å². The predicted molar refractivity (Wildman–Crippen MR) is 123 cm³/mol. The number of rotatable bonds is 2. The molecule has 0 aliphatic carbocycles. The van der Waals surface area contributed by atoms with E-state index < -0.39 is 29.4 Å². The first-order chi connectivity index (χ1) is 16.5. The lowest BCUT2D eigenvalue weighted by Crippen LogP contribution is -2.54. The molecule has 0 bridgehead atoms. The van der Waals surface area contributed by atoms with Gasteiger partial charge >= 0.3 is 6.09 Å². The number of hydrogen-bond donors (Lipinski definition) is 1. The number of imide groups is 2. The van der Waals surface area contributed by atoms with E-state index in [1.807, 2.05) is 20.8 Å². The number of piperidine rings is 2. The SMILES string of the molecule is CC(C)(C)OC(=O)N1CCC(N2Cc3cc4c(cc3C2)C(=O)N(C2CCC(=O)NC2=O)C4=O)CC1. The van der Waals surface area contributed by atoms with Gasteiger partial charge < -0.3 is 9.64 Å². The van der Waals surface area contributed by atoms with Crippen LogP contribution in [0.1, 0.15) is 78.3 Å². The summed E-state index contributed by atoms with van der Waals surface area (Å²) in [7, 11) is 0. The number of carbonyl (C=O) groups is 5. The Morgan fingerprint density at radius 3 is 2.03 bits per heavy atom. The molecule has 4 aliphatic rings. The Kier molecular flexibility index (Phi) is 5.66. The zero-order valence-corrected chi connectivity index (χ0v) is 20.3. The molecular weight excluding hydrogens is 452 g/mol. The molecule has 1 aromatic carbocycles. The van der Waals surface area contributed by atoms with Crippen LogP contribution in [-0.4, -0.2) is 75.2 Å². The average molecular weight is 483 g/mol. The van der Waals surface area contributed by atoms with E-state index in [9.17, 15) is 24.0 Å². The fourth-order valence-electron chi connectivity index (χ4n) is 5.39. The highest BCUT2D eigenvalue weighted by molar-refractivity contribution is 6.23. The third-order valence-corrected chi connectivity index (χ3v) is 7.14. The molecule has 0 aromatic heterocycles. The van der Waals surface area contributed by atoms with Crippen molar-refractivity contribution in [3.63, 3.8) is 0 Å². The van der Waals surface area contributed by atoms with Crippen molar-refractivity contribution in [2.75, 3.05) is 13.1 Å². The molecule has 1 N–H and O–H groups in total. The number of likely N-dealkylation sites (tertiary alicyclic amines) is 1. The minimum atomic E-state index is -0.957. The fourth-order valence-corrected chi connectivity index (χ4v) is 5.39. The number of hydrogen-bond acceptors (Lipinski definition) is 7. The van der Waals surface area contributed by atoms with Crippen LogP contribution in [0.4, 0.5) is 4.79 Å². The molecule has 1 aromatic rings. The van der Waals surface area contributed by atoms with Gasteiger partial charge in [0.15, 0.2) is 0 Å². The third kappa shape index (κ3) is 4.31. The van der Waals surface area contributed by atoms with Gasteiger partial charge in [-0.3, -0.25) is 34.3 Å². The van der Waals surface area contributed by atoms with Crippen LogP contribution < -0.4 is 5.32 Å². The van der Waals surface area contributed by atoms with Crippen LogP contribution >= 0.6 is 0 Å². The first-order valence-corrected chi connectivity index (χ1v) is 12.1. The van der Waals surface area contributed by atoms with Crippen LogP contribution in [0.25, 0.3) is 0 Å². The van der Waals surface area contributed by atoms with E-state index in [1.165, 1.54) is 0 Å². The Morgan fingerprint density at radius 2 is 1.51 bits per heavy atom. The molecule has 10 heteroatoms. The van der Waals surface area contributed by atoms with Gasteiger partial charge in [-0.2, -0.15) is 0 Å². The number of benzene rings is 1. The number of carbonyl (C=O) groups excluding carboxylic acids is 5. The first kappa shape index (κ1) is 23.5. The molecule has 4 heterocycles. The van der Waals surface area contributed by atoms with Crippen molar-refractivity contribution >= 4 is 29.7 Å². The maximum absolute atomic E-state index is 13.1. The molecule has 0 radical (unpaired) electrons. The highest BCUT2D eigenvalue weighted by Crippen LogP contribution is 2.35. The van der Waals surface area contributed by atoms with Gasteiger partial charge in [0, 0.05) is 38.6 Å². The molecule has 1 unspecified atom stereocenters. The average Bonchev–Trinajstić information content (AvgIpc) is 3.31. The van der Waals surface area contributed by atoms with Crippen LogP contribution in [0, 0.1) is 0 Å². The summed E-state index contributed by atoms with van der Waals surface area (Å²) < 4.78 is 5.48. The highest BCUT2D eigenvalue weighted by Gasteiger charge is 2.45. The van der Waals surface area contributed by atoms with Crippen molar-refractivity contribution in [2.45, 2.75) is 77.2 Å². The number of amides is 5. The van der Waals surface area contributed by atoms with Gasteiger partial charge in [-0.25, -0.2) is 4.79 Å². The lowest BCUT2D eigenvalue weighted by molar-refractivity contribution is -0.136. The molecule has 5 amide bonds. The van der Waals surface area contributed by atoms with Gasteiger partial charge in [-0.15, -0.1) is 0 Å². The number of fused-ring (bicyclic) bond motifs is 2. The van der Waals surface area contributed by atoms with Gasteiger partial charge in [0.2, 0.25) is 11.8 Å². The van der Waals surface area contributed by atoms with Crippen LogP contribution in [0.2, 0.25) is 0 Å². The van der Waals surface area contributed by atoms with Crippen molar-refractivity contribution in [2.24, 2.45) is 0 Å². The molecular formula is C25H30N4O6. The Bertz CT molecular complexity index is 1090. The van der Waals surface area contributed by atoms with Crippen molar-refractivity contribution in [3.8, 4) is 0 Å². The predicted octanol–water partition coefficient (Wildman–Crippen LogP) is 1.80. The zero-order chi connectivity index (χ0) is 25.1. The van der Waals surface area contributed by atoms with Crippen molar-refractivity contribution in [1.82, 2.24) is 20.0 Å². The lowest BCUT2D eigenvalue weighted by Gasteiger charge is -2.37.